The molecule has 0 saturated carbocycles. The molecule has 0 spiro atoms. The van der Waals surface area contributed by atoms with Gasteiger partial charge in [0.05, 0.1) is 21.4 Å². The second-order valence-corrected chi connectivity index (χ2v) is 6.87. The maximum Gasteiger partial charge on any atom is 0.221 e. The summed E-state index contributed by atoms with van der Waals surface area (Å²) in [5.41, 5.74) is 4.82. The van der Waals surface area contributed by atoms with Crippen LogP contribution >= 0.6 is 15.9 Å². The van der Waals surface area contributed by atoms with E-state index >= 15 is 0 Å². The lowest BCUT2D eigenvalue weighted by atomic mass is 10.1. The summed E-state index contributed by atoms with van der Waals surface area (Å²) >= 11 is 3.63. The van der Waals surface area contributed by atoms with Crippen molar-refractivity contribution < 1.29 is 9.59 Å². The molecule has 0 radical (unpaired) electrons. The van der Waals surface area contributed by atoms with Crippen molar-refractivity contribution in [1.82, 2.24) is 4.57 Å². The number of hydrogen-bond acceptors (Lipinski definition) is 2. The van der Waals surface area contributed by atoms with Gasteiger partial charge in [-0.3, -0.25) is 9.59 Å². The number of Topliss-reactive ketones (excluding diaryl/α,β-unsaturated/α-hetero) is 1. The average molecular weight is 411 g/mol. The van der Waals surface area contributed by atoms with Gasteiger partial charge in [0.25, 0.3) is 0 Å². The highest BCUT2D eigenvalue weighted by atomic mass is 79.9. The molecule has 1 heterocycles. The number of rotatable bonds is 4. The Labute approximate surface area is 161 Å². The minimum absolute atomic E-state index is 0.0117. The first kappa shape index (κ1) is 18.1. The van der Waals surface area contributed by atoms with Crippen LogP contribution in [0.2, 0.25) is 0 Å². The van der Waals surface area contributed by atoms with Crippen molar-refractivity contribution in [2.45, 2.75) is 20.8 Å². The number of carbonyl (C=O) groups is 2. The Morgan fingerprint density at radius 3 is 2.19 bits per heavy atom. The van der Waals surface area contributed by atoms with Gasteiger partial charge in [0.15, 0.2) is 5.78 Å². The van der Waals surface area contributed by atoms with Gasteiger partial charge >= 0.3 is 0 Å². The fourth-order valence-corrected chi connectivity index (χ4v) is 4.15. The van der Waals surface area contributed by atoms with Crippen molar-refractivity contribution in [2.75, 3.05) is 5.32 Å². The van der Waals surface area contributed by atoms with Crippen molar-refractivity contribution in [1.29, 1.82) is 0 Å². The summed E-state index contributed by atoms with van der Waals surface area (Å²) in [7, 11) is 0. The molecule has 132 valence electrons. The Kier molecular flexibility index (Phi) is 5.09. The number of nitrogens with one attached hydrogen (secondary N) is 1. The number of amides is 1. The molecular formula is C21H19BrN2O2. The van der Waals surface area contributed by atoms with Gasteiger partial charge < -0.3 is 9.88 Å². The first-order chi connectivity index (χ1) is 12.4. The van der Waals surface area contributed by atoms with Crippen LogP contribution in [0.3, 0.4) is 0 Å². The molecule has 0 saturated heterocycles. The highest BCUT2D eigenvalue weighted by molar-refractivity contribution is 9.10. The van der Waals surface area contributed by atoms with E-state index in [1.807, 2.05) is 66.1 Å². The molecule has 1 aromatic heterocycles. The summed E-state index contributed by atoms with van der Waals surface area (Å²) in [4.78, 5) is 23.9. The summed E-state index contributed by atoms with van der Waals surface area (Å²) in [6, 6.07) is 17.4. The first-order valence-corrected chi connectivity index (χ1v) is 9.05. The molecule has 2 aromatic carbocycles. The van der Waals surface area contributed by atoms with Gasteiger partial charge in [-0.1, -0.05) is 36.4 Å². The lowest BCUT2D eigenvalue weighted by Crippen LogP contribution is -2.08. The van der Waals surface area contributed by atoms with Crippen LogP contribution in [-0.2, 0) is 4.79 Å². The lowest BCUT2D eigenvalue weighted by molar-refractivity contribution is -0.114. The second kappa shape index (κ2) is 7.30. The normalized spacial score (nSPS) is 10.6. The van der Waals surface area contributed by atoms with E-state index in [1.165, 1.54) is 6.92 Å². The van der Waals surface area contributed by atoms with Crippen molar-refractivity contribution >= 4 is 33.3 Å². The first-order valence-electron chi connectivity index (χ1n) is 8.26. The summed E-state index contributed by atoms with van der Waals surface area (Å²) in [5, 5.41) is 2.88. The van der Waals surface area contributed by atoms with E-state index in [0.29, 0.717) is 11.3 Å². The molecule has 0 unspecified atom stereocenters. The van der Waals surface area contributed by atoms with Gasteiger partial charge in [-0.25, -0.2) is 0 Å². The number of ketones is 1. The summed E-state index contributed by atoms with van der Waals surface area (Å²) < 4.78 is 2.77. The van der Waals surface area contributed by atoms with Crippen LogP contribution in [0.1, 0.15) is 29.9 Å². The van der Waals surface area contributed by atoms with E-state index in [9.17, 15) is 9.59 Å². The average Bonchev–Trinajstić information content (AvgIpc) is 2.86. The van der Waals surface area contributed by atoms with Gasteiger partial charge in [-0.2, -0.15) is 0 Å². The van der Waals surface area contributed by atoms with Gasteiger partial charge in [0, 0.05) is 23.9 Å². The number of aromatic nitrogens is 1. The Morgan fingerprint density at radius 1 is 0.962 bits per heavy atom. The number of anilines is 1. The maximum atomic E-state index is 12.3. The smallest absolute Gasteiger partial charge is 0.221 e. The summed E-state index contributed by atoms with van der Waals surface area (Å²) in [6.45, 7) is 4.97. The molecule has 0 fully saturated rings. The van der Waals surface area contributed by atoms with Gasteiger partial charge in [0.1, 0.15) is 0 Å². The molecule has 0 aliphatic heterocycles. The Bertz CT molecular complexity index is 991. The number of carbonyl (C=O) groups excluding carboxylic acids is 2. The molecule has 1 N–H and O–H groups in total. The lowest BCUT2D eigenvalue weighted by Gasteiger charge is -2.15. The Balaban J connectivity index is 2.37. The minimum Gasteiger partial charge on any atom is -0.326 e. The van der Waals surface area contributed by atoms with Gasteiger partial charge in [-0.05, 0) is 48.0 Å². The Hall–Kier alpha value is -2.66. The van der Waals surface area contributed by atoms with Gasteiger partial charge in [-0.15, -0.1) is 0 Å². The maximum absolute atomic E-state index is 12.3. The van der Waals surface area contributed by atoms with E-state index in [2.05, 4.69) is 21.2 Å². The molecule has 0 aliphatic rings. The molecule has 5 heteroatoms. The zero-order valence-corrected chi connectivity index (χ0v) is 16.4. The van der Waals surface area contributed by atoms with Crippen LogP contribution in [0.25, 0.3) is 16.9 Å². The largest absolute Gasteiger partial charge is 0.326 e. The molecule has 0 atom stereocenters. The van der Waals surface area contributed by atoms with Crippen LogP contribution in [0.15, 0.2) is 59.1 Å². The number of benzene rings is 2. The number of hydrogen-bond donors (Lipinski definition) is 1. The monoisotopic (exact) mass is 410 g/mol. The number of halogens is 1. The summed E-state index contributed by atoms with van der Waals surface area (Å²) in [5.74, 6) is -0.155. The number of para-hydroxylation sites is 2. The second-order valence-electron chi connectivity index (χ2n) is 6.08. The predicted octanol–water partition coefficient (Wildman–Crippen LogP) is 5.38. The third-order valence-electron chi connectivity index (χ3n) is 4.21. The quantitative estimate of drug-likeness (QED) is 0.587. The third kappa shape index (κ3) is 3.22. The van der Waals surface area contributed by atoms with Crippen molar-refractivity contribution in [2.24, 2.45) is 0 Å². The molecule has 0 bridgehead atoms. The molecular weight excluding hydrogens is 392 g/mol. The van der Waals surface area contributed by atoms with E-state index < -0.39 is 0 Å². The van der Waals surface area contributed by atoms with E-state index in [-0.39, 0.29) is 11.7 Å². The van der Waals surface area contributed by atoms with Crippen LogP contribution < -0.4 is 5.32 Å². The van der Waals surface area contributed by atoms with Crippen LogP contribution in [0.5, 0.6) is 0 Å². The van der Waals surface area contributed by atoms with Crippen molar-refractivity contribution in [3.63, 3.8) is 0 Å². The fraction of sp³-hybridized carbons (Fsp3) is 0.143. The molecule has 1 amide bonds. The zero-order valence-electron chi connectivity index (χ0n) is 14.8. The van der Waals surface area contributed by atoms with E-state index in [1.54, 1.807) is 6.92 Å². The molecule has 0 aliphatic carbocycles. The van der Waals surface area contributed by atoms with E-state index in [4.69, 9.17) is 0 Å². The summed E-state index contributed by atoms with van der Waals surface area (Å²) in [6.07, 6.45) is 0. The standard InChI is InChI=1S/C21H19BrN2O2/c1-13-19(14(2)25)20(22)21(24(13)16-9-5-4-6-10-16)17-11-7-8-12-18(17)23-15(3)26/h4-12H,1-3H3,(H,23,26). The minimum atomic E-state index is -0.144. The molecule has 3 aromatic rings. The SMILES string of the molecule is CC(=O)Nc1ccccc1-c1c(Br)c(C(C)=O)c(C)n1-c1ccccc1. The topological polar surface area (TPSA) is 51.1 Å². The van der Waals surface area contributed by atoms with Crippen LogP contribution in [-0.4, -0.2) is 16.3 Å². The highest BCUT2D eigenvalue weighted by Gasteiger charge is 2.24. The molecule has 3 rings (SSSR count). The van der Waals surface area contributed by atoms with Crippen molar-refractivity contribution in [3.05, 3.63) is 70.3 Å². The van der Waals surface area contributed by atoms with Crippen molar-refractivity contribution in [3.8, 4) is 16.9 Å². The Morgan fingerprint density at radius 2 is 1.58 bits per heavy atom. The molecule has 4 nitrogen and oxygen atoms in total. The third-order valence-corrected chi connectivity index (χ3v) is 4.98. The highest BCUT2D eigenvalue weighted by Crippen LogP contribution is 2.41. The zero-order chi connectivity index (χ0) is 18.8. The van der Waals surface area contributed by atoms with E-state index in [0.717, 1.165) is 27.1 Å². The van der Waals surface area contributed by atoms with Crippen LogP contribution in [0, 0.1) is 6.92 Å². The molecule has 26 heavy (non-hydrogen) atoms. The fourth-order valence-electron chi connectivity index (χ4n) is 3.19. The van der Waals surface area contributed by atoms with Crippen LogP contribution in [0.4, 0.5) is 5.69 Å². The predicted molar refractivity (Wildman–Crippen MR) is 108 cm³/mol. The van der Waals surface area contributed by atoms with Gasteiger partial charge in [0.2, 0.25) is 5.91 Å². The number of nitrogens with zero attached hydrogens (tertiary/aromatic N) is 1.